The van der Waals surface area contributed by atoms with Crippen LogP contribution in [0.25, 0.3) is 0 Å². The third-order valence-electron chi connectivity index (χ3n) is 19.3. The summed E-state index contributed by atoms with van der Waals surface area (Å²) in [4.78, 5) is 72.8. The van der Waals surface area contributed by atoms with Crippen molar-refractivity contribution in [1.29, 1.82) is 0 Å². The van der Waals surface area contributed by atoms with E-state index in [2.05, 4.69) is 55.4 Å². The topological polar surface area (TPSA) is 237 Å². The Morgan fingerprint density at radius 1 is 0.281 bits per heavy atom. The van der Waals surface area contributed by atoms with Gasteiger partial charge in [-0.1, -0.05) is 338 Å². The van der Waals surface area contributed by atoms with Crippen LogP contribution in [0.2, 0.25) is 0 Å². The number of hydrogen-bond acceptors (Lipinski definition) is 15. The van der Waals surface area contributed by atoms with Crippen molar-refractivity contribution in [3.8, 4) is 0 Å². The molecular formula is C77H150O17P2. The number of hydrogen-bond donors (Lipinski definition) is 3. The maximum Gasteiger partial charge on any atom is 0.472 e. The summed E-state index contributed by atoms with van der Waals surface area (Å²) in [5, 5.41) is 10.6. The highest BCUT2D eigenvalue weighted by Crippen LogP contribution is 2.45. The summed E-state index contributed by atoms with van der Waals surface area (Å²) in [6.07, 6.45) is 51.4. The first-order valence-corrected chi connectivity index (χ1v) is 42.8. The number of carbonyl (C=O) groups excluding carboxylic acids is 4. The van der Waals surface area contributed by atoms with Crippen molar-refractivity contribution >= 4 is 39.5 Å². The number of ether oxygens (including phenoxy) is 4. The van der Waals surface area contributed by atoms with Gasteiger partial charge < -0.3 is 33.8 Å². The van der Waals surface area contributed by atoms with Crippen LogP contribution < -0.4 is 0 Å². The van der Waals surface area contributed by atoms with Crippen LogP contribution in [0.15, 0.2) is 0 Å². The second-order valence-corrected chi connectivity index (χ2v) is 31.6. The van der Waals surface area contributed by atoms with E-state index in [4.69, 9.17) is 37.0 Å². The Bertz CT molecular complexity index is 1890. The van der Waals surface area contributed by atoms with E-state index in [1.54, 1.807) is 0 Å². The number of phosphoric ester groups is 2. The van der Waals surface area contributed by atoms with Crippen LogP contribution in [0.3, 0.4) is 0 Å². The molecular weight excluding hydrogens is 1260 g/mol. The zero-order chi connectivity index (χ0) is 71.0. The molecule has 96 heavy (non-hydrogen) atoms. The minimum Gasteiger partial charge on any atom is -0.462 e. The van der Waals surface area contributed by atoms with Crippen LogP contribution in [-0.4, -0.2) is 96.7 Å². The molecule has 570 valence electrons. The summed E-state index contributed by atoms with van der Waals surface area (Å²) in [5.74, 6) is 1.02. The number of esters is 4. The van der Waals surface area contributed by atoms with Crippen molar-refractivity contribution in [2.24, 2.45) is 23.7 Å². The zero-order valence-corrected chi connectivity index (χ0v) is 64.8. The number of rotatable bonds is 74. The summed E-state index contributed by atoms with van der Waals surface area (Å²) in [6.45, 7) is 14.2. The highest BCUT2D eigenvalue weighted by molar-refractivity contribution is 7.47. The molecule has 0 heterocycles. The van der Waals surface area contributed by atoms with Crippen LogP contribution in [-0.2, 0) is 65.4 Å². The van der Waals surface area contributed by atoms with Crippen molar-refractivity contribution in [3.05, 3.63) is 0 Å². The Kier molecular flexibility index (Phi) is 65.0. The van der Waals surface area contributed by atoms with E-state index in [9.17, 15) is 43.2 Å². The van der Waals surface area contributed by atoms with Crippen molar-refractivity contribution in [3.63, 3.8) is 0 Å². The van der Waals surface area contributed by atoms with Crippen molar-refractivity contribution in [2.75, 3.05) is 39.6 Å². The molecule has 3 N–H and O–H groups in total. The van der Waals surface area contributed by atoms with E-state index in [0.717, 1.165) is 120 Å². The van der Waals surface area contributed by atoms with Gasteiger partial charge in [-0.3, -0.25) is 37.3 Å². The van der Waals surface area contributed by atoms with Crippen molar-refractivity contribution < 1.29 is 80.2 Å². The Hall–Kier alpha value is -1.94. The van der Waals surface area contributed by atoms with Gasteiger partial charge >= 0.3 is 39.5 Å². The summed E-state index contributed by atoms with van der Waals surface area (Å²) in [7, 11) is -9.91. The molecule has 0 aliphatic heterocycles. The maximum absolute atomic E-state index is 13.1. The Labute approximate surface area is 588 Å². The fraction of sp³-hybridized carbons (Fsp3) is 0.948. The van der Waals surface area contributed by atoms with Crippen LogP contribution in [0.5, 0.6) is 0 Å². The Balaban J connectivity index is 5.17. The lowest BCUT2D eigenvalue weighted by molar-refractivity contribution is -0.161. The standard InChI is InChI=1S/C77H150O17P2/c1-9-67(5)53-45-37-29-23-21-19-17-15-13-14-16-18-20-22-24-32-41-49-57-74(79)87-63-72(93-76(81)59-51-43-33-27-25-30-38-46-54-68(6)10-2)65-91-95(83,84)89-61-71(78)62-90-96(85,86)92-66-73(64-88-75(80)58-50-42-36-35-40-48-56-70(8)12-4)94-77(82)60-52-44-34-28-26-31-39-47-55-69(7)11-3/h67-73,78H,9-66H2,1-8H3,(H,83,84)(H,85,86)/t67?,68?,69?,70?,71-,72-,73-/m1/s1. The molecule has 0 aromatic carbocycles. The van der Waals surface area contributed by atoms with Gasteiger partial charge in [0.2, 0.25) is 0 Å². The molecule has 0 amide bonds. The van der Waals surface area contributed by atoms with Crippen LogP contribution in [0.4, 0.5) is 0 Å². The van der Waals surface area contributed by atoms with Gasteiger partial charge in [-0.25, -0.2) is 9.13 Å². The molecule has 0 aromatic heterocycles. The first-order valence-electron chi connectivity index (χ1n) is 39.9. The second kappa shape index (κ2) is 66.3. The van der Waals surface area contributed by atoms with E-state index in [1.807, 2.05) is 0 Å². The molecule has 0 aliphatic rings. The predicted octanol–water partition coefficient (Wildman–Crippen LogP) is 22.4. The molecule has 9 atom stereocenters. The van der Waals surface area contributed by atoms with Gasteiger partial charge in [-0.15, -0.1) is 0 Å². The third-order valence-corrected chi connectivity index (χ3v) is 21.2. The lowest BCUT2D eigenvalue weighted by atomic mass is 9.99. The van der Waals surface area contributed by atoms with E-state index < -0.39 is 97.5 Å². The van der Waals surface area contributed by atoms with Gasteiger partial charge in [0.05, 0.1) is 26.4 Å². The normalized spacial score (nSPS) is 15.2. The highest BCUT2D eigenvalue weighted by atomic mass is 31.2. The van der Waals surface area contributed by atoms with Gasteiger partial charge in [0, 0.05) is 25.7 Å². The average Bonchev–Trinajstić information content (AvgIpc) is 1.30. The molecule has 0 saturated heterocycles. The predicted molar refractivity (Wildman–Crippen MR) is 391 cm³/mol. The van der Waals surface area contributed by atoms with Gasteiger partial charge in [0.25, 0.3) is 0 Å². The molecule has 0 radical (unpaired) electrons. The smallest absolute Gasteiger partial charge is 0.462 e. The fourth-order valence-electron chi connectivity index (χ4n) is 11.6. The quantitative estimate of drug-likeness (QED) is 0.0222. The van der Waals surface area contributed by atoms with Gasteiger partial charge in [-0.2, -0.15) is 0 Å². The highest BCUT2D eigenvalue weighted by Gasteiger charge is 2.30. The average molecular weight is 1410 g/mol. The molecule has 0 aromatic rings. The number of aliphatic hydroxyl groups is 1. The number of carbonyl (C=O) groups is 4. The minimum absolute atomic E-state index is 0.104. The molecule has 0 fully saturated rings. The number of unbranched alkanes of at least 4 members (excludes halogenated alkanes) is 36. The molecule has 19 heteroatoms. The molecule has 0 bridgehead atoms. The lowest BCUT2D eigenvalue weighted by Crippen LogP contribution is -2.30. The molecule has 6 unspecified atom stereocenters. The SMILES string of the molecule is CCC(C)CCCCCCCCCCCCCCCCCCCCC(=O)OC[C@H](COP(=O)(O)OC[C@@H](O)COP(=O)(O)OC[C@@H](COC(=O)CCCCCCCCC(C)CC)OC(=O)CCCCCCCCCCC(C)CC)OC(=O)CCCCCCCCCCC(C)CC. The summed E-state index contributed by atoms with van der Waals surface area (Å²) in [6, 6.07) is 0. The van der Waals surface area contributed by atoms with E-state index >= 15 is 0 Å². The lowest BCUT2D eigenvalue weighted by Gasteiger charge is -2.21. The van der Waals surface area contributed by atoms with Gasteiger partial charge in [-0.05, 0) is 49.4 Å². The molecule has 0 saturated carbocycles. The number of aliphatic hydroxyl groups excluding tert-OH is 1. The first-order chi connectivity index (χ1) is 46.2. The van der Waals surface area contributed by atoms with E-state index in [-0.39, 0.29) is 25.7 Å². The van der Waals surface area contributed by atoms with Crippen LogP contribution in [0, 0.1) is 23.7 Å². The fourth-order valence-corrected chi connectivity index (χ4v) is 13.2. The zero-order valence-electron chi connectivity index (χ0n) is 63.0. The Morgan fingerprint density at radius 3 is 0.688 bits per heavy atom. The monoisotopic (exact) mass is 1410 g/mol. The van der Waals surface area contributed by atoms with E-state index in [1.165, 1.54) is 186 Å². The van der Waals surface area contributed by atoms with Crippen LogP contribution in [0.1, 0.15) is 389 Å². The van der Waals surface area contributed by atoms with Gasteiger partial charge in [0.1, 0.15) is 19.3 Å². The third kappa shape index (κ3) is 65.4. The second-order valence-electron chi connectivity index (χ2n) is 28.7. The van der Waals surface area contributed by atoms with Gasteiger partial charge in [0.15, 0.2) is 12.2 Å². The molecule has 0 aliphatic carbocycles. The van der Waals surface area contributed by atoms with Crippen molar-refractivity contribution in [2.45, 2.75) is 408 Å². The molecule has 0 rings (SSSR count). The summed E-state index contributed by atoms with van der Waals surface area (Å²) >= 11 is 0. The maximum atomic E-state index is 13.1. The molecule has 17 nitrogen and oxygen atoms in total. The Morgan fingerprint density at radius 2 is 0.469 bits per heavy atom. The number of phosphoric acid groups is 2. The minimum atomic E-state index is -4.96. The largest absolute Gasteiger partial charge is 0.472 e. The molecule has 0 spiro atoms. The van der Waals surface area contributed by atoms with Crippen molar-refractivity contribution in [1.82, 2.24) is 0 Å². The van der Waals surface area contributed by atoms with Crippen LogP contribution >= 0.6 is 15.6 Å². The summed E-state index contributed by atoms with van der Waals surface area (Å²) in [5.41, 5.74) is 0. The van der Waals surface area contributed by atoms with E-state index in [0.29, 0.717) is 25.7 Å². The summed E-state index contributed by atoms with van der Waals surface area (Å²) < 4.78 is 68.5. The first kappa shape index (κ1) is 94.1.